The number of hydrogen-bond acceptors (Lipinski definition) is 3. The summed E-state index contributed by atoms with van der Waals surface area (Å²) in [6, 6.07) is 2.39. The highest BCUT2D eigenvalue weighted by atomic mass is 15.3. The number of nitrogen functional groups attached to an aromatic ring is 1. The maximum atomic E-state index is 5.77. The molecule has 90 valence electrons. The van der Waals surface area contributed by atoms with E-state index in [1.165, 1.54) is 38.0 Å². The van der Waals surface area contributed by atoms with Crippen LogP contribution in [0.1, 0.15) is 44.8 Å². The smallest absolute Gasteiger partial charge is 0.145 e. The molecule has 1 saturated heterocycles. The van der Waals surface area contributed by atoms with Gasteiger partial charge in [-0.05, 0) is 39.8 Å². The topological polar surface area (TPSA) is 47.1 Å². The number of anilines is 1. The molecule has 2 rings (SSSR count). The Morgan fingerprint density at radius 3 is 2.62 bits per heavy atom. The molecule has 1 aliphatic rings. The van der Waals surface area contributed by atoms with Crippen molar-refractivity contribution in [1.82, 2.24) is 14.7 Å². The fourth-order valence-corrected chi connectivity index (χ4v) is 2.37. The van der Waals surface area contributed by atoms with Crippen LogP contribution < -0.4 is 5.73 Å². The van der Waals surface area contributed by atoms with Crippen molar-refractivity contribution in [1.29, 1.82) is 0 Å². The Morgan fingerprint density at radius 2 is 2.00 bits per heavy atom. The highest BCUT2D eigenvalue weighted by Gasteiger charge is 2.15. The number of likely N-dealkylation sites (tertiary alicyclic amines) is 1. The largest absolute Gasteiger partial charge is 0.382 e. The van der Waals surface area contributed by atoms with Crippen LogP contribution in [-0.4, -0.2) is 27.8 Å². The van der Waals surface area contributed by atoms with Crippen LogP contribution in [0.4, 0.5) is 5.82 Å². The standard InChI is InChI=1S/C12H22N4/c1-10(2)16-11(8-12(13)14-16)9-15-6-4-3-5-7-15/h8,10H,3-7,9H2,1-2H3,(H2,13,14). The molecular weight excluding hydrogens is 200 g/mol. The van der Waals surface area contributed by atoms with E-state index < -0.39 is 0 Å². The molecule has 1 aliphatic heterocycles. The zero-order chi connectivity index (χ0) is 11.5. The molecule has 1 fully saturated rings. The van der Waals surface area contributed by atoms with E-state index in [9.17, 15) is 0 Å². The zero-order valence-corrected chi connectivity index (χ0v) is 10.3. The maximum Gasteiger partial charge on any atom is 0.145 e. The van der Waals surface area contributed by atoms with Crippen molar-refractivity contribution in [3.63, 3.8) is 0 Å². The average molecular weight is 222 g/mol. The third kappa shape index (κ3) is 2.55. The van der Waals surface area contributed by atoms with Crippen LogP contribution in [0.3, 0.4) is 0 Å². The van der Waals surface area contributed by atoms with E-state index in [2.05, 4.69) is 23.8 Å². The molecule has 0 unspecified atom stereocenters. The number of nitrogens with two attached hydrogens (primary N) is 1. The van der Waals surface area contributed by atoms with Gasteiger partial charge in [-0.1, -0.05) is 6.42 Å². The average Bonchev–Trinajstić information content (AvgIpc) is 2.61. The molecule has 0 aromatic carbocycles. The third-order valence-electron chi connectivity index (χ3n) is 3.16. The van der Waals surface area contributed by atoms with Crippen LogP contribution in [0, 0.1) is 0 Å². The van der Waals surface area contributed by atoms with Gasteiger partial charge in [0, 0.05) is 18.7 Å². The van der Waals surface area contributed by atoms with Gasteiger partial charge in [-0.25, -0.2) is 0 Å². The van der Waals surface area contributed by atoms with Crippen molar-refractivity contribution >= 4 is 5.82 Å². The van der Waals surface area contributed by atoms with Crippen molar-refractivity contribution in [2.75, 3.05) is 18.8 Å². The SMILES string of the molecule is CC(C)n1nc(N)cc1CN1CCCCC1. The molecule has 2 N–H and O–H groups in total. The monoisotopic (exact) mass is 222 g/mol. The highest BCUT2D eigenvalue weighted by molar-refractivity contribution is 5.29. The molecule has 4 nitrogen and oxygen atoms in total. The highest BCUT2D eigenvalue weighted by Crippen LogP contribution is 2.17. The van der Waals surface area contributed by atoms with E-state index in [1.54, 1.807) is 0 Å². The van der Waals surface area contributed by atoms with E-state index in [4.69, 9.17) is 5.73 Å². The molecule has 1 aromatic heterocycles. The molecule has 0 aliphatic carbocycles. The Bertz CT molecular complexity index is 337. The predicted molar refractivity (Wildman–Crippen MR) is 66.2 cm³/mol. The van der Waals surface area contributed by atoms with Crippen LogP contribution in [0.2, 0.25) is 0 Å². The van der Waals surface area contributed by atoms with Crippen molar-refractivity contribution in [3.05, 3.63) is 11.8 Å². The molecule has 0 saturated carbocycles. The van der Waals surface area contributed by atoms with E-state index in [0.717, 1.165) is 6.54 Å². The minimum Gasteiger partial charge on any atom is -0.382 e. The number of nitrogens with zero attached hydrogens (tertiary/aromatic N) is 3. The van der Waals surface area contributed by atoms with Crippen LogP contribution in [0.5, 0.6) is 0 Å². The van der Waals surface area contributed by atoms with Gasteiger partial charge in [0.2, 0.25) is 0 Å². The summed E-state index contributed by atoms with van der Waals surface area (Å²) in [5, 5.41) is 4.34. The summed E-state index contributed by atoms with van der Waals surface area (Å²) in [5.41, 5.74) is 7.02. The second-order valence-corrected chi connectivity index (χ2v) is 4.94. The fraction of sp³-hybridized carbons (Fsp3) is 0.750. The minimum absolute atomic E-state index is 0.386. The molecule has 16 heavy (non-hydrogen) atoms. The third-order valence-corrected chi connectivity index (χ3v) is 3.16. The second kappa shape index (κ2) is 4.87. The first kappa shape index (κ1) is 11.5. The lowest BCUT2D eigenvalue weighted by molar-refractivity contribution is 0.213. The van der Waals surface area contributed by atoms with Gasteiger partial charge >= 0.3 is 0 Å². The van der Waals surface area contributed by atoms with E-state index >= 15 is 0 Å². The van der Waals surface area contributed by atoms with Gasteiger partial charge in [0.15, 0.2) is 0 Å². The number of hydrogen-bond donors (Lipinski definition) is 1. The normalized spacial score (nSPS) is 18.2. The number of piperidine rings is 1. The van der Waals surface area contributed by atoms with Gasteiger partial charge in [-0.15, -0.1) is 0 Å². The predicted octanol–water partition coefficient (Wildman–Crippen LogP) is 2.03. The summed E-state index contributed by atoms with van der Waals surface area (Å²) < 4.78 is 2.05. The minimum atomic E-state index is 0.386. The molecule has 1 aromatic rings. The van der Waals surface area contributed by atoms with Crippen molar-refractivity contribution < 1.29 is 0 Å². The van der Waals surface area contributed by atoms with Crippen molar-refractivity contribution in [2.45, 2.75) is 45.7 Å². The van der Waals surface area contributed by atoms with Crippen LogP contribution in [0.25, 0.3) is 0 Å². The fourth-order valence-electron chi connectivity index (χ4n) is 2.37. The molecular formula is C12H22N4. The van der Waals surface area contributed by atoms with E-state index in [1.807, 2.05) is 10.7 Å². The van der Waals surface area contributed by atoms with Gasteiger partial charge in [0.25, 0.3) is 0 Å². The molecule has 0 atom stereocenters. The lowest BCUT2D eigenvalue weighted by atomic mass is 10.1. The molecule has 4 heteroatoms. The Morgan fingerprint density at radius 1 is 1.31 bits per heavy atom. The first-order valence-electron chi connectivity index (χ1n) is 6.23. The lowest BCUT2D eigenvalue weighted by Crippen LogP contribution is -2.30. The first-order valence-corrected chi connectivity index (χ1v) is 6.23. The van der Waals surface area contributed by atoms with Crippen LogP contribution in [-0.2, 0) is 6.54 Å². The Balaban J connectivity index is 2.07. The molecule has 2 heterocycles. The van der Waals surface area contributed by atoms with Crippen molar-refractivity contribution in [2.24, 2.45) is 0 Å². The second-order valence-electron chi connectivity index (χ2n) is 4.94. The Hall–Kier alpha value is -1.03. The lowest BCUT2D eigenvalue weighted by Gasteiger charge is -2.26. The molecule has 0 bridgehead atoms. The summed E-state index contributed by atoms with van der Waals surface area (Å²) in [7, 11) is 0. The van der Waals surface area contributed by atoms with E-state index in [-0.39, 0.29) is 0 Å². The van der Waals surface area contributed by atoms with Crippen LogP contribution in [0.15, 0.2) is 6.07 Å². The van der Waals surface area contributed by atoms with Gasteiger partial charge in [0.05, 0.1) is 5.69 Å². The number of aromatic nitrogens is 2. The van der Waals surface area contributed by atoms with Gasteiger partial charge in [0.1, 0.15) is 5.82 Å². The van der Waals surface area contributed by atoms with Gasteiger partial charge in [-0.3, -0.25) is 9.58 Å². The first-order chi connectivity index (χ1) is 7.66. The van der Waals surface area contributed by atoms with Gasteiger partial charge < -0.3 is 5.73 Å². The summed E-state index contributed by atoms with van der Waals surface area (Å²) >= 11 is 0. The van der Waals surface area contributed by atoms with Crippen molar-refractivity contribution in [3.8, 4) is 0 Å². The quantitative estimate of drug-likeness (QED) is 0.851. The van der Waals surface area contributed by atoms with Gasteiger partial charge in [-0.2, -0.15) is 5.10 Å². The van der Waals surface area contributed by atoms with Crippen LogP contribution >= 0.6 is 0 Å². The Labute approximate surface area is 97.4 Å². The summed E-state index contributed by atoms with van der Waals surface area (Å²) in [6.45, 7) is 7.70. The van der Waals surface area contributed by atoms with E-state index in [0.29, 0.717) is 11.9 Å². The molecule has 0 spiro atoms. The number of rotatable bonds is 3. The summed E-state index contributed by atoms with van der Waals surface area (Å²) in [5.74, 6) is 0.640. The summed E-state index contributed by atoms with van der Waals surface area (Å²) in [6.07, 6.45) is 4.03. The maximum absolute atomic E-state index is 5.77. The zero-order valence-electron chi connectivity index (χ0n) is 10.3. The Kier molecular flexibility index (Phi) is 3.49. The molecule has 0 amide bonds. The molecule has 0 radical (unpaired) electrons. The summed E-state index contributed by atoms with van der Waals surface area (Å²) in [4.78, 5) is 2.50.